The molecule has 1 fully saturated rings. The van der Waals surface area contributed by atoms with Crippen LogP contribution in [0.2, 0.25) is 0 Å². The maximum atomic E-state index is 2.71. The van der Waals surface area contributed by atoms with Crippen molar-refractivity contribution in [2.75, 3.05) is 6.54 Å². The predicted molar refractivity (Wildman–Crippen MR) is 63.5 cm³/mol. The molecule has 0 N–H and O–H groups in total. The van der Waals surface area contributed by atoms with Crippen molar-refractivity contribution in [1.82, 2.24) is 4.90 Å². The fourth-order valence-corrected chi connectivity index (χ4v) is 2.62. The molecule has 0 aromatic heterocycles. The molecule has 1 aliphatic heterocycles. The Labute approximate surface area is 89.9 Å². The molecule has 1 heteroatoms. The summed E-state index contributed by atoms with van der Waals surface area (Å²) in [4.78, 5) is 2.71. The van der Waals surface area contributed by atoms with Crippen LogP contribution in [0.5, 0.6) is 0 Å². The topological polar surface area (TPSA) is 3.24 Å². The van der Waals surface area contributed by atoms with Crippen molar-refractivity contribution >= 4 is 0 Å². The Morgan fingerprint density at radius 2 is 1.71 bits per heavy atom. The maximum Gasteiger partial charge on any atom is 0.0129 e. The van der Waals surface area contributed by atoms with Crippen LogP contribution in [0.4, 0.5) is 0 Å². The zero-order valence-electron chi connectivity index (χ0n) is 10.8. The van der Waals surface area contributed by atoms with Crippen molar-refractivity contribution in [3.63, 3.8) is 0 Å². The van der Waals surface area contributed by atoms with Gasteiger partial charge in [0.2, 0.25) is 0 Å². The first kappa shape index (κ1) is 12.0. The predicted octanol–water partition coefficient (Wildman–Crippen LogP) is 3.54. The first-order valence-electron chi connectivity index (χ1n) is 6.10. The summed E-state index contributed by atoms with van der Waals surface area (Å²) < 4.78 is 0. The summed E-state index contributed by atoms with van der Waals surface area (Å²) in [6.07, 6.45) is 2.79. The van der Waals surface area contributed by atoms with Crippen LogP contribution < -0.4 is 0 Å². The number of hydrogen-bond donors (Lipinski definition) is 0. The van der Waals surface area contributed by atoms with E-state index < -0.39 is 0 Å². The van der Waals surface area contributed by atoms with Crippen molar-refractivity contribution in [2.45, 2.75) is 66.0 Å². The minimum absolute atomic E-state index is 0.352. The van der Waals surface area contributed by atoms with E-state index in [0.717, 1.165) is 17.9 Å². The van der Waals surface area contributed by atoms with Gasteiger partial charge in [0.15, 0.2) is 0 Å². The van der Waals surface area contributed by atoms with Crippen LogP contribution in [0.3, 0.4) is 0 Å². The molecule has 0 saturated carbocycles. The third-order valence-corrected chi connectivity index (χ3v) is 3.82. The quantitative estimate of drug-likeness (QED) is 0.654. The number of likely N-dealkylation sites (tertiary alicyclic amines) is 1. The molecule has 1 unspecified atom stereocenters. The van der Waals surface area contributed by atoms with Crippen LogP contribution in [0.25, 0.3) is 0 Å². The summed E-state index contributed by atoms with van der Waals surface area (Å²) >= 11 is 0. The van der Waals surface area contributed by atoms with E-state index in [1.165, 1.54) is 19.4 Å². The van der Waals surface area contributed by atoms with Crippen LogP contribution in [-0.2, 0) is 0 Å². The SMILES string of the molecule is CC(C)[C@@H](C)C1CCCN1C(C)(C)C. The van der Waals surface area contributed by atoms with Gasteiger partial charge in [-0.15, -0.1) is 0 Å². The second kappa shape index (κ2) is 4.22. The van der Waals surface area contributed by atoms with E-state index >= 15 is 0 Å². The molecule has 1 nitrogen and oxygen atoms in total. The van der Waals surface area contributed by atoms with Gasteiger partial charge in [-0.25, -0.2) is 0 Å². The summed E-state index contributed by atoms with van der Waals surface area (Å²) in [5, 5.41) is 0. The molecule has 0 bridgehead atoms. The molecule has 1 aliphatic rings. The highest BCUT2D eigenvalue weighted by atomic mass is 15.2. The molecule has 1 rings (SSSR count). The highest BCUT2D eigenvalue weighted by molar-refractivity contribution is 4.91. The minimum atomic E-state index is 0.352. The molecule has 0 radical (unpaired) electrons. The van der Waals surface area contributed by atoms with E-state index in [2.05, 4.69) is 46.4 Å². The van der Waals surface area contributed by atoms with Crippen molar-refractivity contribution in [1.29, 1.82) is 0 Å². The average molecular weight is 197 g/mol. The van der Waals surface area contributed by atoms with Gasteiger partial charge in [0.05, 0.1) is 0 Å². The highest BCUT2D eigenvalue weighted by Crippen LogP contribution is 2.33. The molecule has 0 aromatic rings. The smallest absolute Gasteiger partial charge is 0.0129 e. The van der Waals surface area contributed by atoms with Crippen LogP contribution in [0.1, 0.15) is 54.4 Å². The fourth-order valence-electron chi connectivity index (χ4n) is 2.62. The van der Waals surface area contributed by atoms with E-state index in [-0.39, 0.29) is 0 Å². The van der Waals surface area contributed by atoms with Crippen LogP contribution >= 0.6 is 0 Å². The molecule has 0 aliphatic carbocycles. The monoisotopic (exact) mass is 197 g/mol. The van der Waals surface area contributed by atoms with Gasteiger partial charge in [-0.2, -0.15) is 0 Å². The fraction of sp³-hybridized carbons (Fsp3) is 1.00. The van der Waals surface area contributed by atoms with Crippen molar-refractivity contribution in [3.8, 4) is 0 Å². The van der Waals surface area contributed by atoms with Gasteiger partial charge in [0.25, 0.3) is 0 Å². The molecular formula is C13H27N. The third kappa shape index (κ3) is 2.50. The normalized spacial score (nSPS) is 27.2. The van der Waals surface area contributed by atoms with Gasteiger partial charge in [0, 0.05) is 11.6 Å². The lowest BCUT2D eigenvalue weighted by molar-refractivity contribution is 0.0769. The second-order valence-electron chi connectivity index (χ2n) is 6.18. The van der Waals surface area contributed by atoms with Gasteiger partial charge in [0.1, 0.15) is 0 Å². The van der Waals surface area contributed by atoms with E-state index in [4.69, 9.17) is 0 Å². The lowest BCUT2D eigenvalue weighted by atomic mass is 9.87. The maximum absolute atomic E-state index is 2.71. The number of rotatable bonds is 2. The molecule has 84 valence electrons. The van der Waals surface area contributed by atoms with Gasteiger partial charge in [-0.3, -0.25) is 4.90 Å². The summed E-state index contributed by atoms with van der Waals surface area (Å²) in [6.45, 7) is 15.5. The molecular weight excluding hydrogens is 170 g/mol. The molecule has 1 heterocycles. The Morgan fingerprint density at radius 1 is 1.14 bits per heavy atom. The Morgan fingerprint density at radius 3 is 2.14 bits per heavy atom. The largest absolute Gasteiger partial charge is 0.295 e. The molecule has 14 heavy (non-hydrogen) atoms. The molecule has 0 spiro atoms. The highest BCUT2D eigenvalue weighted by Gasteiger charge is 2.36. The second-order valence-corrected chi connectivity index (χ2v) is 6.18. The summed E-state index contributed by atoms with van der Waals surface area (Å²) in [5.74, 6) is 1.64. The Kier molecular flexibility index (Phi) is 3.63. The van der Waals surface area contributed by atoms with E-state index in [9.17, 15) is 0 Å². The molecule has 0 amide bonds. The lowest BCUT2D eigenvalue weighted by Crippen LogP contribution is -2.47. The van der Waals surface area contributed by atoms with Crippen molar-refractivity contribution < 1.29 is 0 Å². The first-order chi connectivity index (χ1) is 6.34. The van der Waals surface area contributed by atoms with Crippen LogP contribution in [0.15, 0.2) is 0 Å². The van der Waals surface area contributed by atoms with E-state index in [0.29, 0.717) is 5.54 Å². The van der Waals surface area contributed by atoms with Crippen molar-refractivity contribution in [2.24, 2.45) is 11.8 Å². The molecule has 2 atom stereocenters. The number of nitrogens with zero attached hydrogens (tertiary/aromatic N) is 1. The van der Waals surface area contributed by atoms with Gasteiger partial charge >= 0.3 is 0 Å². The van der Waals surface area contributed by atoms with Gasteiger partial charge < -0.3 is 0 Å². The average Bonchev–Trinajstić information content (AvgIpc) is 2.48. The minimum Gasteiger partial charge on any atom is -0.295 e. The van der Waals surface area contributed by atoms with Gasteiger partial charge in [-0.05, 0) is 52.0 Å². The summed E-state index contributed by atoms with van der Waals surface area (Å²) in [6, 6.07) is 0.815. The Hall–Kier alpha value is -0.0400. The van der Waals surface area contributed by atoms with Crippen molar-refractivity contribution in [3.05, 3.63) is 0 Å². The van der Waals surface area contributed by atoms with Crippen LogP contribution in [-0.4, -0.2) is 23.0 Å². The van der Waals surface area contributed by atoms with E-state index in [1.54, 1.807) is 0 Å². The first-order valence-corrected chi connectivity index (χ1v) is 6.10. The number of hydrogen-bond acceptors (Lipinski definition) is 1. The zero-order chi connectivity index (χ0) is 10.9. The van der Waals surface area contributed by atoms with E-state index in [1.807, 2.05) is 0 Å². The zero-order valence-corrected chi connectivity index (χ0v) is 10.8. The lowest BCUT2D eigenvalue weighted by Gasteiger charge is -2.40. The van der Waals surface area contributed by atoms with Gasteiger partial charge in [-0.1, -0.05) is 20.8 Å². The summed E-state index contributed by atoms with van der Waals surface area (Å²) in [5.41, 5.74) is 0.352. The molecule has 1 saturated heterocycles. The Bertz CT molecular complexity index is 178. The summed E-state index contributed by atoms with van der Waals surface area (Å²) in [7, 11) is 0. The third-order valence-electron chi connectivity index (χ3n) is 3.82. The standard InChI is InChI=1S/C13H27N/c1-10(2)11(3)12-8-7-9-14(12)13(4,5)6/h10-12H,7-9H2,1-6H3/t11-,12?/m1/s1. The van der Waals surface area contributed by atoms with Crippen LogP contribution in [0, 0.1) is 11.8 Å². The Balaban J connectivity index is 2.69. The molecule has 0 aromatic carbocycles.